The molecule has 1 aliphatic carbocycles. The molecule has 1 heterocycles. The molecular weight excluding hydrogens is 312 g/mol. The summed E-state index contributed by atoms with van der Waals surface area (Å²) < 4.78 is 10.7. The van der Waals surface area contributed by atoms with Gasteiger partial charge in [-0.1, -0.05) is 6.92 Å². The van der Waals surface area contributed by atoms with Gasteiger partial charge in [0, 0.05) is 29.1 Å². The summed E-state index contributed by atoms with van der Waals surface area (Å²) in [6, 6.07) is 5.64. The first-order valence-electron chi connectivity index (χ1n) is 7.55. The van der Waals surface area contributed by atoms with E-state index in [-0.39, 0.29) is 11.8 Å². The Morgan fingerprint density at radius 3 is 2.74 bits per heavy atom. The van der Waals surface area contributed by atoms with Crippen LogP contribution < -0.4 is 14.4 Å². The summed E-state index contributed by atoms with van der Waals surface area (Å²) in [4.78, 5) is 18.9. The minimum absolute atomic E-state index is 0.114. The van der Waals surface area contributed by atoms with Crippen LogP contribution in [0.3, 0.4) is 0 Å². The zero-order valence-corrected chi connectivity index (χ0v) is 14.3. The van der Waals surface area contributed by atoms with E-state index in [1.807, 2.05) is 23.6 Å². The van der Waals surface area contributed by atoms with Gasteiger partial charge in [-0.25, -0.2) is 4.98 Å². The lowest BCUT2D eigenvalue weighted by Gasteiger charge is -2.21. The molecule has 2 aromatic rings. The quantitative estimate of drug-likeness (QED) is 0.814. The Bertz CT molecular complexity index is 687. The highest BCUT2D eigenvalue weighted by Crippen LogP contribution is 2.41. The third-order valence-corrected chi connectivity index (χ3v) is 4.96. The number of methoxy groups -OCH3 is 2. The van der Waals surface area contributed by atoms with Gasteiger partial charge in [0.1, 0.15) is 11.5 Å². The van der Waals surface area contributed by atoms with Gasteiger partial charge in [0.15, 0.2) is 5.13 Å². The summed E-state index contributed by atoms with van der Waals surface area (Å²) in [5.74, 6) is 2.16. The summed E-state index contributed by atoms with van der Waals surface area (Å²) in [6.45, 7) is 2.55. The lowest BCUT2D eigenvalue weighted by atomic mass is 10.1. The average Bonchev–Trinajstić information content (AvgIpc) is 3.07. The van der Waals surface area contributed by atoms with Crippen LogP contribution in [0.15, 0.2) is 29.8 Å². The smallest absolute Gasteiger partial charge is 0.232 e. The fourth-order valence-corrected chi connectivity index (χ4v) is 3.26. The predicted octanol–water partition coefficient (Wildman–Crippen LogP) is 3.35. The van der Waals surface area contributed by atoms with Crippen LogP contribution in [0.25, 0.3) is 0 Å². The standard InChI is InChI=1S/C17H20N2O3S/c1-11-8-14(11)16(20)19(17-18-6-7-23-17)10-12-4-5-13(21-2)9-15(12)22-3/h4-7,9,11,14H,8,10H2,1-3H3/t11-,14+/m0/s1. The molecule has 5 nitrogen and oxygen atoms in total. The van der Waals surface area contributed by atoms with Gasteiger partial charge in [0.25, 0.3) is 0 Å². The summed E-state index contributed by atoms with van der Waals surface area (Å²) in [5, 5.41) is 2.61. The first-order valence-corrected chi connectivity index (χ1v) is 8.43. The molecule has 0 aliphatic heterocycles. The van der Waals surface area contributed by atoms with Crippen LogP contribution in [0.4, 0.5) is 5.13 Å². The molecule has 0 spiro atoms. The predicted molar refractivity (Wildman–Crippen MR) is 90.1 cm³/mol. The molecule has 6 heteroatoms. The van der Waals surface area contributed by atoms with Crippen molar-refractivity contribution in [1.29, 1.82) is 0 Å². The molecule has 23 heavy (non-hydrogen) atoms. The second kappa shape index (κ2) is 6.58. The third kappa shape index (κ3) is 3.32. The Morgan fingerprint density at radius 1 is 1.39 bits per heavy atom. The highest BCUT2D eigenvalue weighted by Gasteiger charge is 2.42. The maximum atomic E-state index is 12.8. The van der Waals surface area contributed by atoms with Crippen molar-refractivity contribution in [2.24, 2.45) is 11.8 Å². The van der Waals surface area contributed by atoms with E-state index in [0.717, 1.165) is 22.9 Å². The third-order valence-electron chi connectivity index (χ3n) is 4.17. The lowest BCUT2D eigenvalue weighted by Crippen LogP contribution is -2.32. The molecule has 1 fully saturated rings. The van der Waals surface area contributed by atoms with Crippen LogP contribution in [0.1, 0.15) is 18.9 Å². The fraction of sp³-hybridized carbons (Fsp3) is 0.412. The molecule has 3 rings (SSSR count). The van der Waals surface area contributed by atoms with Crippen molar-refractivity contribution in [2.45, 2.75) is 19.9 Å². The molecule has 1 aromatic heterocycles. The van der Waals surface area contributed by atoms with Crippen molar-refractivity contribution < 1.29 is 14.3 Å². The van der Waals surface area contributed by atoms with Gasteiger partial charge in [-0.3, -0.25) is 9.69 Å². The molecular formula is C17H20N2O3S. The molecule has 0 bridgehead atoms. The van der Waals surface area contributed by atoms with Crippen molar-refractivity contribution in [3.05, 3.63) is 35.3 Å². The van der Waals surface area contributed by atoms with Crippen LogP contribution in [-0.2, 0) is 11.3 Å². The number of aromatic nitrogens is 1. The van der Waals surface area contributed by atoms with Crippen LogP contribution >= 0.6 is 11.3 Å². The molecule has 0 saturated heterocycles. The van der Waals surface area contributed by atoms with Crippen molar-refractivity contribution in [3.63, 3.8) is 0 Å². The van der Waals surface area contributed by atoms with Crippen molar-refractivity contribution >= 4 is 22.4 Å². The maximum absolute atomic E-state index is 12.8. The van der Waals surface area contributed by atoms with Gasteiger partial charge in [-0.05, 0) is 24.5 Å². The van der Waals surface area contributed by atoms with Gasteiger partial charge in [0.05, 0.1) is 20.8 Å². The molecule has 0 unspecified atom stereocenters. The Labute approximate surface area is 139 Å². The Morgan fingerprint density at radius 2 is 2.17 bits per heavy atom. The van der Waals surface area contributed by atoms with Crippen molar-refractivity contribution in [2.75, 3.05) is 19.1 Å². The minimum atomic E-state index is 0.114. The van der Waals surface area contributed by atoms with Gasteiger partial charge in [-0.2, -0.15) is 0 Å². The van der Waals surface area contributed by atoms with E-state index in [1.165, 1.54) is 11.3 Å². The van der Waals surface area contributed by atoms with Crippen molar-refractivity contribution in [1.82, 2.24) is 4.98 Å². The first kappa shape index (κ1) is 15.8. The molecule has 1 amide bonds. The molecule has 1 saturated carbocycles. The second-order valence-electron chi connectivity index (χ2n) is 5.74. The lowest BCUT2D eigenvalue weighted by molar-refractivity contribution is -0.120. The zero-order chi connectivity index (χ0) is 16.4. The summed E-state index contributed by atoms with van der Waals surface area (Å²) in [7, 11) is 3.24. The van der Waals surface area contributed by atoms with E-state index in [4.69, 9.17) is 9.47 Å². The van der Waals surface area contributed by atoms with E-state index >= 15 is 0 Å². The maximum Gasteiger partial charge on any atom is 0.232 e. The summed E-state index contributed by atoms with van der Waals surface area (Å²) >= 11 is 1.47. The van der Waals surface area contributed by atoms with E-state index in [9.17, 15) is 4.79 Å². The second-order valence-corrected chi connectivity index (χ2v) is 6.61. The van der Waals surface area contributed by atoms with Crippen LogP contribution in [0.5, 0.6) is 11.5 Å². The number of nitrogens with zero attached hydrogens (tertiary/aromatic N) is 2. The minimum Gasteiger partial charge on any atom is -0.497 e. The van der Waals surface area contributed by atoms with Gasteiger partial charge in [0.2, 0.25) is 5.91 Å². The molecule has 1 aliphatic rings. The van der Waals surface area contributed by atoms with E-state index < -0.39 is 0 Å². The topological polar surface area (TPSA) is 51.7 Å². The van der Waals surface area contributed by atoms with Gasteiger partial charge >= 0.3 is 0 Å². The number of amides is 1. The first-order chi connectivity index (χ1) is 11.1. The number of hydrogen-bond donors (Lipinski definition) is 0. The normalized spacial score (nSPS) is 19.3. The number of carbonyl (C=O) groups is 1. The number of anilines is 1. The summed E-state index contributed by atoms with van der Waals surface area (Å²) in [5.41, 5.74) is 0.935. The van der Waals surface area contributed by atoms with Gasteiger partial charge < -0.3 is 9.47 Å². The Kier molecular flexibility index (Phi) is 4.52. The van der Waals surface area contributed by atoms with Crippen LogP contribution in [0.2, 0.25) is 0 Å². The molecule has 0 radical (unpaired) electrons. The largest absolute Gasteiger partial charge is 0.497 e. The molecule has 0 N–H and O–H groups in total. The Hall–Kier alpha value is -2.08. The molecule has 122 valence electrons. The average molecular weight is 332 g/mol. The van der Waals surface area contributed by atoms with Crippen molar-refractivity contribution in [3.8, 4) is 11.5 Å². The van der Waals surface area contributed by atoms with Crippen LogP contribution in [0, 0.1) is 11.8 Å². The number of carbonyl (C=O) groups excluding carboxylic acids is 1. The Balaban J connectivity index is 1.88. The number of benzene rings is 1. The van der Waals surface area contributed by atoms with E-state index in [1.54, 1.807) is 25.3 Å². The van der Waals surface area contributed by atoms with Crippen LogP contribution in [-0.4, -0.2) is 25.1 Å². The fourth-order valence-electron chi connectivity index (χ4n) is 2.61. The van der Waals surface area contributed by atoms with E-state index in [0.29, 0.717) is 18.2 Å². The number of rotatable bonds is 6. The SMILES string of the molecule is COc1ccc(CN(C(=O)[C@@H]2C[C@@H]2C)c2nccs2)c(OC)c1. The number of ether oxygens (including phenoxy) is 2. The number of thiazole rings is 1. The monoisotopic (exact) mass is 332 g/mol. The molecule has 1 aromatic carbocycles. The highest BCUT2D eigenvalue weighted by molar-refractivity contribution is 7.13. The zero-order valence-electron chi connectivity index (χ0n) is 13.5. The highest BCUT2D eigenvalue weighted by atomic mass is 32.1. The van der Waals surface area contributed by atoms with Gasteiger partial charge in [-0.15, -0.1) is 11.3 Å². The summed E-state index contributed by atoms with van der Waals surface area (Å²) in [6.07, 6.45) is 2.68. The molecule has 2 atom stereocenters. The van der Waals surface area contributed by atoms with E-state index in [2.05, 4.69) is 11.9 Å². The number of hydrogen-bond acceptors (Lipinski definition) is 5.